The van der Waals surface area contributed by atoms with Crippen molar-refractivity contribution in [3.63, 3.8) is 0 Å². The standard InChI is InChI=1S/C15H17F2NO2/c16-12-5-4-9(6-13(12)17)7-18-8-10-2-1-3-11(10)14(18)15(19)20/h4-6,10-11,14H,1-3,7-8H2,(H,19,20). The number of nitrogens with zero attached hydrogens (tertiary/aromatic N) is 1. The van der Waals surface area contributed by atoms with Crippen LogP contribution in [0.5, 0.6) is 0 Å². The van der Waals surface area contributed by atoms with Crippen LogP contribution in [0.25, 0.3) is 0 Å². The molecule has 1 aromatic carbocycles. The van der Waals surface area contributed by atoms with Gasteiger partial charge in [0, 0.05) is 13.1 Å². The van der Waals surface area contributed by atoms with E-state index in [0.29, 0.717) is 18.0 Å². The highest BCUT2D eigenvalue weighted by Crippen LogP contribution is 2.42. The molecule has 1 N–H and O–H groups in total. The van der Waals surface area contributed by atoms with Crippen LogP contribution in [0.3, 0.4) is 0 Å². The van der Waals surface area contributed by atoms with Crippen molar-refractivity contribution in [1.82, 2.24) is 4.90 Å². The first-order chi connectivity index (χ1) is 9.56. The summed E-state index contributed by atoms with van der Waals surface area (Å²) in [7, 11) is 0. The molecule has 0 aromatic heterocycles. The first-order valence-electron chi connectivity index (χ1n) is 6.97. The second-order valence-electron chi connectivity index (χ2n) is 5.82. The highest BCUT2D eigenvalue weighted by molar-refractivity contribution is 5.74. The summed E-state index contributed by atoms with van der Waals surface area (Å²) in [5.41, 5.74) is 0.620. The minimum Gasteiger partial charge on any atom is -0.480 e. The molecule has 2 aliphatic rings. The summed E-state index contributed by atoms with van der Waals surface area (Å²) < 4.78 is 26.2. The lowest BCUT2D eigenvalue weighted by atomic mass is 9.94. The molecule has 2 fully saturated rings. The van der Waals surface area contributed by atoms with E-state index < -0.39 is 23.6 Å². The summed E-state index contributed by atoms with van der Waals surface area (Å²) in [6, 6.07) is 3.28. The van der Waals surface area contributed by atoms with Gasteiger partial charge in [0.05, 0.1) is 0 Å². The van der Waals surface area contributed by atoms with Gasteiger partial charge in [-0.25, -0.2) is 8.78 Å². The Bertz CT molecular complexity index is 535. The number of likely N-dealkylation sites (tertiary alicyclic amines) is 1. The summed E-state index contributed by atoms with van der Waals surface area (Å²) in [5, 5.41) is 9.43. The molecular weight excluding hydrogens is 264 g/mol. The van der Waals surface area contributed by atoms with E-state index in [1.54, 1.807) is 0 Å². The van der Waals surface area contributed by atoms with Crippen LogP contribution in [0.15, 0.2) is 18.2 Å². The lowest BCUT2D eigenvalue weighted by molar-refractivity contribution is -0.143. The predicted octanol–water partition coefficient (Wildman–Crippen LogP) is 2.65. The Morgan fingerprint density at radius 3 is 2.80 bits per heavy atom. The molecule has 1 aromatic rings. The van der Waals surface area contributed by atoms with E-state index in [4.69, 9.17) is 0 Å². The number of rotatable bonds is 3. The van der Waals surface area contributed by atoms with Gasteiger partial charge in [-0.05, 0) is 42.4 Å². The molecule has 1 saturated heterocycles. The van der Waals surface area contributed by atoms with Crippen molar-refractivity contribution in [1.29, 1.82) is 0 Å². The number of hydrogen-bond donors (Lipinski definition) is 1. The fourth-order valence-corrected chi connectivity index (χ4v) is 3.77. The van der Waals surface area contributed by atoms with Crippen molar-refractivity contribution in [2.75, 3.05) is 6.54 Å². The van der Waals surface area contributed by atoms with Gasteiger partial charge in [-0.3, -0.25) is 9.69 Å². The number of halogens is 2. The lowest BCUT2D eigenvalue weighted by Crippen LogP contribution is -2.39. The van der Waals surface area contributed by atoms with Crippen molar-refractivity contribution < 1.29 is 18.7 Å². The molecule has 3 rings (SSSR count). The summed E-state index contributed by atoms with van der Waals surface area (Å²) in [6.45, 7) is 1.10. The number of fused-ring (bicyclic) bond motifs is 1. The average Bonchev–Trinajstić information content (AvgIpc) is 2.93. The maximum atomic E-state index is 13.2. The Balaban J connectivity index is 1.79. The largest absolute Gasteiger partial charge is 0.480 e. The smallest absolute Gasteiger partial charge is 0.321 e. The molecule has 5 heteroatoms. The van der Waals surface area contributed by atoms with Crippen LogP contribution < -0.4 is 0 Å². The van der Waals surface area contributed by atoms with E-state index in [1.165, 1.54) is 6.07 Å². The molecule has 3 atom stereocenters. The van der Waals surface area contributed by atoms with Crippen LogP contribution in [0.4, 0.5) is 8.78 Å². The highest BCUT2D eigenvalue weighted by atomic mass is 19.2. The second-order valence-corrected chi connectivity index (χ2v) is 5.82. The Labute approximate surface area is 116 Å². The molecule has 0 bridgehead atoms. The van der Waals surface area contributed by atoms with Gasteiger partial charge in [0.15, 0.2) is 11.6 Å². The number of aliphatic carboxylic acids is 1. The van der Waals surface area contributed by atoms with Crippen LogP contribution in [0, 0.1) is 23.5 Å². The van der Waals surface area contributed by atoms with E-state index in [-0.39, 0.29) is 5.92 Å². The fourth-order valence-electron chi connectivity index (χ4n) is 3.77. The molecule has 108 valence electrons. The Morgan fingerprint density at radius 1 is 1.30 bits per heavy atom. The van der Waals surface area contributed by atoms with Crippen molar-refractivity contribution in [3.8, 4) is 0 Å². The lowest BCUT2D eigenvalue weighted by Gasteiger charge is -2.24. The van der Waals surface area contributed by atoms with Gasteiger partial charge in [-0.2, -0.15) is 0 Å². The molecule has 0 spiro atoms. The van der Waals surface area contributed by atoms with Crippen molar-refractivity contribution in [2.45, 2.75) is 31.8 Å². The summed E-state index contributed by atoms with van der Waals surface area (Å²) in [5.74, 6) is -1.92. The topological polar surface area (TPSA) is 40.5 Å². The zero-order valence-electron chi connectivity index (χ0n) is 11.1. The zero-order chi connectivity index (χ0) is 14.3. The van der Waals surface area contributed by atoms with Crippen LogP contribution in [-0.2, 0) is 11.3 Å². The van der Waals surface area contributed by atoms with E-state index in [0.717, 1.165) is 37.9 Å². The molecule has 1 saturated carbocycles. The molecule has 3 unspecified atom stereocenters. The van der Waals surface area contributed by atoms with Gasteiger partial charge in [0.1, 0.15) is 6.04 Å². The molecule has 20 heavy (non-hydrogen) atoms. The monoisotopic (exact) mass is 281 g/mol. The second kappa shape index (κ2) is 5.13. The Kier molecular flexibility index (Phi) is 3.46. The minimum atomic E-state index is -0.881. The third-order valence-electron chi connectivity index (χ3n) is 4.61. The summed E-state index contributed by atoms with van der Waals surface area (Å²) in [6.07, 6.45) is 3.12. The molecule has 1 aliphatic heterocycles. The highest BCUT2D eigenvalue weighted by Gasteiger charge is 2.47. The van der Waals surface area contributed by atoms with Crippen LogP contribution in [0.2, 0.25) is 0 Å². The minimum absolute atomic E-state index is 0.206. The van der Waals surface area contributed by atoms with Crippen molar-refractivity contribution in [2.24, 2.45) is 11.8 Å². The Hall–Kier alpha value is -1.49. The average molecular weight is 281 g/mol. The van der Waals surface area contributed by atoms with Gasteiger partial charge in [0.2, 0.25) is 0 Å². The first-order valence-corrected chi connectivity index (χ1v) is 6.97. The van der Waals surface area contributed by atoms with Gasteiger partial charge < -0.3 is 5.11 Å². The van der Waals surface area contributed by atoms with Crippen molar-refractivity contribution in [3.05, 3.63) is 35.4 Å². The number of benzene rings is 1. The number of carboxylic acid groups (broad SMARTS) is 1. The summed E-state index contributed by atoms with van der Waals surface area (Å²) >= 11 is 0. The number of carbonyl (C=O) groups is 1. The molecule has 1 heterocycles. The van der Waals surface area contributed by atoms with Gasteiger partial charge in [-0.1, -0.05) is 12.5 Å². The first kappa shape index (κ1) is 13.5. The van der Waals surface area contributed by atoms with Gasteiger partial charge >= 0.3 is 5.97 Å². The van der Waals surface area contributed by atoms with E-state index in [9.17, 15) is 18.7 Å². The molecule has 3 nitrogen and oxygen atoms in total. The number of carboxylic acids is 1. The maximum absolute atomic E-state index is 13.2. The quantitative estimate of drug-likeness (QED) is 0.926. The van der Waals surface area contributed by atoms with Crippen LogP contribution >= 0.6 is 0 Å². The number of hydrogen-bond acceptors (Lipinski definition) is 2. The molecule has 0 amide bonds. The molecule has 0 radical (unpaired) electrons. The van der Waals surface area contributed by atoms with Crippen molar-refractivity contribution >= 4 is 5.97 Å². The van der Waals surface area contributed by atoms with Crippen LogP contribution in [-0.4, -0.2) is 28.6 Å². The van der Waals surface area contributed by atoms with E-state index in [1.807, 2.05) is 4.90 Å². The van der Waals surface area contributed by atoms with E-state index >= 15 is 0 Å². The predicted molar refractivity (Wildman–Crippen MR) is 69.0 cm³/mol. The van der Waals surface area contributed by atoms with Crippen LogP contribution in [0.1, 0.15) is 24.8 Å². The SMILES string of the molecule is O=C(O)C1C2CCCC2CN1Cc1ccc(F)c(F)c1. The third kappa shape index (κ3) is 2.30. The third-order valence-corrected chi connectivity index (χ3v) is 4.61. The molecular formula is C15H17F2NO2. The zero-order valence-corrected chi connectivity index (χ0v) is 11.1. The van der Waals surface area contributed by atoms with Gasteiger partial charge in [0.25, 0.3) is 0 Å². The Morgan fingerprint density at radius 2 is 2.10 bits per heavy atom. The normalized spacial score (nSPS) is 29.6. The summed E-state index contributed by atoms with van der Waals surface area (Å²) in [4.78, 5) is 13.4. The fraction of sp³-hybridized carbons (Fsp3) is 0.533. The molecule has 1 aliphatic carbocycles. The van der Waals surface area contributed by atoms with Gasteiger partial charge in [-0.15, -0.1) is 0 Å². The maximum Gasteiger partial charge on any atom is 0.321 e. The van der Waals surface area contributed by atoms with E-state index in [2.05, 4.69) is 0 Å².